The monoisotopic (exact) mass is 397 g/mol. The van der Waals surface area contributed by atoms with Crippen molar-refractivity contribution in [2.24, 2.45) is 0 Å². The number of halogens is 1. The Balaban J connectivity index is 1.32. The molecule has 0 radical (unpaired) electrons. The molecule has 0 N–H and O–H groups in total. The van der Waals surface area contributed by atoms with Crippen molar-refractivity contribution in [1.29, 1.82) is 0 Å². The highest BCUT2D eigenvalue weighted by Gasteiger charge is 2.05. The molecular weight excluding hydrogens is 378 g/mol. The zero-order chi connectivity index (χ0) is 19.6. The van der Waals surface area contributed by atoms with Gasteiger partial charge in [-0.3, -0.25) is 0 Å². The zero-order valence-corrected chi connectivity index (χ0v) is 16.6. The fourth-order valence-corrected chi connectivity index (χ4v) is 3.81. The zero-order valence-electron chi connectivity index (χ0n) is 15.9. The van der Waals surface area contributed by atoms with Crippen LogP contribution in [0.2, 0.25) is 5.02 Å². The third-order valence-corrected chi connectivity index (χ3v) is 5.48. The van der Waals surface area contributed by atoms with Crippen molar-refractivity contribution in [2.45, 2.75) is 13.2 Å². The van der Waals surface area contributed by atoms with Gasteiger partial charge in [-0.2, -0.15) is 0 Å². The molecule has 0 saturated carbocycles. The number of ether oxygens (including phenoxy) is 1. The van der Waals surface area contributed by atoms with Crippen LogP contribution in [0, 0.1) is 0 Å². The molecule has 1 aromatic heterocycles. The molecule has 0 aliphatic carbocycles. The van der Waals surface area contributed by atoms with Gasteiger partial charge in [-0.1, -0.05) is 60.1 Å². The predicted octanol–water partition coefficient (Wildman–Crippen LogP) is 7.08. The van der Waals surface area contributed by atoms with Crippen molar-refractivity contribution < 1.29 is 4.74 Å². The van der Waals surface area contributed by atoms with Gasteiger partial charge in [-0.25, -0.2) is 0 Å². The number of rotatable bonds is 5. The minimum absolute atomic E-state index is 0.557. The molecule has 2 nitrogen and oxygen atoms in total. The van der Waals surface area contributed by atoms with E-state index in [1.807, 2.05) is 18.2 Å². The number of aromatic nitrogens is 1. The molecule has 1 heterocycles. The van der Waals surface area contributed by atoms with E-state index in [1.54, 1.807) is 0 Å². The number of fused-ring (bicyclic) bond motifs is 2. The van der Waals surface area contributed by atoms with Crippen LogP contribution in [-0.2, 0) is 13.2 Å². The summed E-state index contributed by atoms with van der Waals surface area (Å²) < 4.78 is 8.31. The maximum absolute atomic E-state index is 6.07. The summed E-state index contributed by atoms with van der Waals surface area (Å²) in [6, 6.07) is 31.3. The lowest BCUT2D eigenvalue weighted by Gasteiger charge is -2.09. The summed E-state index contributed by atoms with van der Waals surface area (Å²) in [6.07, 6.45) is 2.12. The normalized spacial score (nSPS) is 11.2. The van der Waals surface area contributed by atoms with Gasteiger partial charge < -0.3 is 9.30 Å². The highest BCUT2D eigenvalue weighted by Crippen LogP contribution is 2.24. The lowest BCUT2D eigenvalue weighted by Crippen LogP contribution is -1.98. The first-order valence-electron chi connectivity index (χ1n) is 9.68. The third kappa shape index (κ3) is 3.85. The van der Waals surface area contributed by atoms with Gasteiger partial charge in [0.1, 0.15) is 12.4 Å². The van der Waals surface area contributed by atoms with Crippen molar-refractivity contribution in [2.75, 3.05) is 0 Å². The minimum atomic E-state index is 0.557. The van der Waals surface area contributed by atoms with Gasteiger partial charge in [-0.15, -0.1) is 0 Å². The highest BCUT2D eigenvalue weighted by molar-refractivity contribution is 6.30. The van der Waals surface area contributed by atoms with Crippen LogP contribution in [0.5, 0.6) is 5.75 Å². The van der Waals surface area contributed by atoms with Gasteiger partial charge >= 0.3 is 0 Å². The summed E-state index contributed by atoms with van der Waals surface area (Å²) in [5.41, 5.74) is 3.59. The van der Waals surface area contributed by atoms with E-state index in [4.69, 9.17) is 16.3 Å². The lowest BCUT2D eigenvalue weighted by atomic mass is 10.1. The van der Waals surface area contributed by atoms with E-state index >= 15 is 0 Å². The van der Waals surface area contributed by atoms with Crippen LogP contribution in [0.15, 0.2) is 97.2 Å². The Morgan fingerprint density at radius 2 is 1.48 bits per heavy atom. The van der Waals surface area contributed by atoms with Crippen LogP contribution in [0.4, 0.5) is 0 Å². The van der Waals surface area contributed by atoms with E-state index in [9.17, 15) is 0 Å². The van der Waals surface area contributed by atoms with E-state index in [1.165, 1.54) is 32.8 Å². The van der Waals surface area contributed by atoms with Crippen LogP contribution in [0.3, 0.4) is 0 Å². The molecule has 0 spiro atoms. The summed E-state index contributed by atoms with van der Waals surface area (Å²) >= 11 is 5.99. The lowest BCUT2D eigenvalue weighted by molar-refractivity contribution is 0.307. The van der Waals surface area contributed by atoms with Crippen LogP contribution >= 0.6 is 11.6 Å². The summed E-state index contributed by atoms with van der Waals surface area (Å²) in [5.74, 6) is 0.884. The predicted molar refractivity (Wildman–Crippen MR) is 121 cm³/mol. The third-order valence-electron chi connectivity index (χ3n) is 5.23. The fraction of sp³-hybridized carbons (Fsp3) is 0.0769. The maximum Gasteiger partial charge on any atom is 0.120 e. The molecule has 3 heteroatoms. The van der Waals surface area contributed by atoms with Gasteiger partial charge in [0.15, 0.2) is 0 Å². The molecule has 0 unspecified atom stereocenters. The first-order valence-corrected chi connectivity index (χ1v) is 10.1. The van der Waals surface area contributed by atoms with Gasteiger partial charge in [0.25, 0.3) is 0 Å². The summed E-state index contributed by atoms with van der Waals surface area (Å²) in [6.45, 7) is 1.37. The minimum Gasteiger partial charge on any atom is -0.489 e. The average Bonchev–Trinajstić information content (AvgIpc) is 3.15. The summed E-state index contributed by atoms with van der Waals surface area (Å²) in [4.78, 5) is 0. The number of hydrogen-bond donors (Lipinski definition) is 0. The van der Waals surface area contributed by atoms with Crippen LogP contribution in [-0.4, -0.2) is 4.57 Å². The Morgan fingerprint density at radius 1 is 0.690 bits per heavy atom. The van der Waals surface area contributed by atoms with E-state index < -0.39 is 0 Å². The second kappa shape index (κ2) is 7.65. The number of hydrogen-bond acceptors (Lipinski definition) is 1. The molecule has 29 heavy (non-hydrogen) atoms. The van der Waals surface area contributed by atoms with E-state index in [2.05, 4.69) is 83.6 Å². The van der Waals surface area contributed by atoms with Crippen molar-refractivity contribution in [3.05, 3.63) is 113 Å². The van der Waals surface area contributed by atoms with Crippen molar-refractivity contribution in [1.82, 2.24) is 4.57 Å². The second-order valence-corrected chi connectivity index (χ2v) is 7.70. The first-order chi connectivity index (χ1) is 14.2. The Hall–Kier alpha value is -3.23. The standard InChI is InChI=1S/C26H20ClNO/c27-24-9-6-19(7-10-24)17-28-14-13-23-16-25(11-12-26(23)28)29-18-20-5-8-21-3-1-2-4-22(21)15-20/h1-16H,17-18H2. The first kappa shape index (κ1) is 17.8. The topological polar surface area (TPSA) is 14.2 Å². The second-order valence-electron chi connectivity index (χ2n) is 7.26. The molecule has 0 atom stereocenters. The molecule has 4 aromatic carbocycles. The van der Waals surface area contributed by atoms with Crippen LogP contribution in [0.1, 0.15) is 11.1 Å². The number of nitrogens with zero attached hydrogens (tertiary/aromatic N) is 1. The Morgan fingerprint density at radius 3 is 2.34 bits per heavy atom. The van der Waals surface area contributed by atoms with Crippen molar-refractivity contribution in [3.8, 4) is 5.75 Å². The smallest absolute Gasteiger partial charge is 0.120 e. The molecule has 0 amide bonds. The van der Waals surface area contributed by atoms with E-state index in [-0.39, 0.29) is 0 Å². The van der Waals surface area contributed by atoms with Gasteiger partial charge in [0.2, 0.25) is 0 Å². The Kier molecular flexibility index (Phi) is 4.71. The van der Waals surface area contributed by atoms with Gasteiger partial charge in [0.05, 0.1) is 0 Å². The summed E-state index contributed by atoms with van der Waals surface area (Å²) in [7, 11) is 0. The Bertz CT molecular complexity index is 1290. The molecular formula is C26H20ClNO. The highest BCUT2D eigenvalue weighted by atomic mass is 35.5. The molecule has 0 fully saturated rings. The number of benzene rings is 4. The van der Waals surface area contributed by atoms with Crippen LogP contribution < -0.4 is 4.74 Å². The molecule has 0 saturated heterocycles. The van der Waals surface area contributed by atoms with Crippen LogP contribution in [0.25, 0.3) is 21.7 Å². The molecule has 0 aliphatic rings. The van der Waals surface area contributed by atoms with Crippen molar-refractivity contribution >= 4 is 33.3 Å². The van der Waals surface area contributed by atoms with Gasteiger partial charge in [0, 0.05) is 28.7 Å². The largest absolute Gasteiger partial charge is 0.489 e. The maximum atomic E-state index is 6.07. The molecule has 142 valence electrons. The average molecular weight is 398 g/mol. The molecule has 5 aromatic rings. The molecule has 0 aliphatic heterocycles. The van der Waals surface area contributed by atoms with E-state index in [0.29, 0.717) is 6.61 Å². The van der Waals surface area contributed by atoms with Crippen molar-refractivity contribution in [3.63, 3.8) is 0 Å². The fourth-order valence-electron chi connectivity index (χ4n) is 3.69. The molecule has 5 rings (SSSR count). The van der Waals surface area contributed by atoms with E-state index in [0.717, 1.165) is 17.3 Å². The molecule has 0 bridgehead atoms. The quantitative estimate of drug-likeness (QED) is 0.309. The Labute approximate surface area is 174 Å². The SMILES string of the molecule is Clc1ccc(Cn2ccc3cc(OCc4ccc5ccccc5c4)ccc32)cc1. The van der Waals surface area contributed by atoms with Gasteiger partial charge in [-0.05, 0) is 64.4 Å². The summed E-state index contributed by atoms with van der Waals surface area (Å²) in [5, 5.41) is 4.43.